The fourth-order valence-corrected chi connectivity index (χ4v) is 5.35. The first-order valence-electron chi connectivity index (χ1n) is 12.4. The molecule has 2 amide bonds. The molecule has 0 saturated carbocycles. The van der Waals surface area contributed by atoms with Crippen LogP contribution in [0.25, 0.3) is 0 Å². The summed E-state index contributed by atoms with van der Waals surface area (Å²) < 4.78 is 33.9. The second kappa shape index (κ2) is 12.6. The SMILES string of the molecule is COc1cccc(CN(C(=O)CN(c2ccc(C)cc2)S(=O)(=O)c2ccccc2)C(C)C(=O)NC(C)C)c1. The Morgan fingerprint density at radius 3 is 2.18 bits per heavy atom. The van der Waals surface area contributed by atoms with Crippen LogP contribution < -0.4 is 14.4 Å². The molecular weight excluding hydrogens is 502 g/mol. The molecule has 0 aromatic heterocycles. The van der Waals surface area contributed by atoms with E-state index < -0.39 is 28.5 Å². The number of nitrogens with one attached hydrogen (secondary N) is 1. The van der Waals surface area contributed by atoms with Gasteiger partial charge in [0.05, 0.1) is 17.7 Å². The van der Waals surface area contributed by atoms with Gasteiger partial charge in [0.15, 0.2) is 0 Å². The zero-order valence-corrected chi connectivity index (χ0v) is 23.2. The van der Waals surface area contributed by atoms with Gasteiger partial charge in [0, 0.05) is 12.6 Å². The van der Waals surface area contributed by atoms with Crippen LogP contribution in [0.2, 0.25) is 0 Å². The Kier molecular flexibility index (Phi) is 9.52. The summed E-state index contributed by atoms with van der Waals surface area (Å²) in [4.78, 5) is 28.3. The molecule has 0 bridgehead atoms. The second-order valence-electron chi connectivity index (χ2n) is 9.37. The Labute approximate surface area is 225 Å². The van der Waals surface area contributed by atoms with Gasteiger partial charge in [-0.15, -0.1) is 0 Å². The highest BCUT2D eigenvalue weighted by molar-refractivity contribution is 7.92. The van der Waals surface area contributed by atoms with Gasteiger partial charge in [-0.25, -0.2) is 8.42 Å². The van der Waals surface area contributed by atoms with Gasteiger partial charge in [-0.1, -0.05) is 48.0 Å². The fraction of sp³-hybridized carbons (Fsp3) is 0.310. The summed E-state index contributed by atoms with van der Waals surface area (Å²) in [6, 6.07) is 21.1. The van der Waals surface area contributed by atoms with Crippen molar-refractivity contribution in [2.45, 2.75) is 51.2 Å². The first kappa shape index (κ1) is 28.7. The molecule has 38 heavy (non-hydrogen) atoms. The predicted molar refractivity (Wildman–Crippen MR) is 148 cm³/mol. The number of hydrogen-bond donors (Lipinski definition) is 1. The zero-order chi connectivity index (χ0) is 27.9. The van der Waals surface area contributed by atoms with Gasteiger partial charge in [0.2, 0.25) is 11.8 Å². The number of nitrogens with zero attached hydrogens (tertiary/aromatic N) is 2. The summed E-state index contributed by atoms with van der Waals surface area (Å²) in [5, 5.41) is 2.84. The number of aryl methyl sites for hydroxylation is 1. The zero-order valence-electron chi connectivity index (χ0n) is 22.4. The van der Waals surface area contributed by atoms with E-state index in [-0.39, 0.29) is 23.4 Å². The van der Waals surface area contributed by atoms with Gasteiger partial charge < -0.3 is 15.0 Å². The van der Waals surface area contributed by atoms with E-state index in [1.807, 2.05) is 26.8 Å². The van der Waals surface area contributed by atoms with Crippen LogP contribution in [0.15, 0.2) is 83.8 Å². The van der Waals surface area contributed by atoms with Crippen molar-refractivity contribution < 1.29 is 22.7 Å². The van der Waals surface area contributed by atoms with E-state index in [1.54, 1.807) is 74.7 Å². The molecule has 8 nitrogen and oxygen atoms in total. The average molecular weight is 538 g/mol. The molecule has 0 heterocycles. The summed E-state index contributed by atoms with van der Waals surface area (Å²) in [6.07, 6.45) is 0. The van der Waals surface area contributed by atoms with Crippen LogP contribution in [-0.4, -0.2) is 50.9 Å². The van der Waals surface area contributed by atoms with E-state index in [9.17, 15) is 18.0 Å². The van der Waals surface area contributed by atoms with Crippen molar-refractivity contribution in [3.05, 3.63) is 90.0 Å². The van der Waals surface area contributed by atoms with Crippen LogP contribution in [0, 0.1) is 6.92 Å². The highest BCUT2D eigenvalue weighted by Gasteiger charge is 2.32. The highest BCUT2D eigenvalue weighted by atomic mass is 32.2. The number of anilines is 1. The largest absolute Gasteiger partial charge is 0.497 e. The summed E-state index contributed by atoms with van der Waals surface area (Å²) in [5.74, 6) is -0.231. The van der Waals surface area contributed by atoms with Crippen molar-refractivity contribution in [1.29, 1.82) is 0 Å². The Balaban J connectivity index is 2.02. The smallest absolute Gasteiger partial charge is 0.264 e. The average Bonchev–Trinajstić information content (AvgIpc) is 2.90. The molecule has 0 radical (unpaired) electrons. The Morgan fingerprint density at radius 2 is 1.58 bits per heavy atom. The molecule has 9 heteroatoms. The Hall–Kier alpha value is -3.85. The topological polar surface area (TPSA) is 96.0 Å². The molecule has 0 saturated heterocycles. The number of amides is 2. The number of sulfonamides is 1. The Bertz CT molecular complexity index is 1340. The van der Waals surface area contributed by atoms with Crippen molar-refractivity contribution in [1.82, 2.24) is 10.2 Å². The molecule has 0 spiro atoms. The second-order valence-corrected chi connectivity index (χ2v) is 11.2. The molecule has 0 aliphatic rings. The van der Waals surface area contributed by atoms with Crippen molar-refractivity contribution in [2.24, 2.45) is 0 Å². The molecule has 1 N–H and O–H groups in total. The van der Waals surface area contributed by atoms with Gasteiger partial charge in [-0.2, -0.15) is 0 Å². The monoisotopic (exact) mass is 537 g/mol. The third-order valence-corrected chi connectivity index (χ3v) is 7.81. The maximum atomic E-state index is 13.9. The van der Waals surface area contributed by atoms with Gasteiger partial charge >= 0.3 is 0 Å². The summed E-state index contributed by atoms with van der Waals surface area (Å²) >= 11 is 0. The molecule has 3 rings (SSSR count). The van der Waals surface area contributed by atoms with Gasteiger partial charge in [0.25, 0.3) is 10.0 Å². The van der Waals surface area contributed by atoms with Gasteiger partial charge in [-0.3, -0.25) is 13.9 Å². The van der Waals surface area contributed by atoms with Gasteiger partial charge in [-0.05, 0) is 69.7 Å². The third-order valence-electron chi connectivity index (χ3n) is 6.02. The number of methoxy groups -OCH3 is 1. The summed E-state index contributed by atoms with van der Waals surface area (Å²) in [6.45, 7) is 6.82. The Morgan fingerprint density at radius 1 is 0.921 bits per heavy atom. The van der Waals surface area contributed by atoms with Crippen molar-refractivity contribution in [3.8, 4) is 5.75 Å². The maximum absolute atomic E-state index is 13.9. The van der Waals surface area contributed by atoms with Crippen molar-refractivity contribution >= 4 is 27.5 Å². The van der Waals surface area contributed by atoms with E-state index in [4.69, 9.17) is 4.74 Å². The van der Waals surface area contributed by atoms with Crippen molar-refractivity contribution in [3.63, 3.8) is 0 Å². The lowest BCUT2D eigenvalue weighted by molar-refractivity contribution is -0.139. The number of carbonyl (C=O) groups is 2. The van der Waals surface area contributed by atoms with Crippen LogP contribution >= 0.6 is 0 Å². The van der Waals surface area contributed by atoms with Crippen molar-refractivity contribution in [2.75, 3.05) is 18.0 Å². The molecule has 3 aromatic rings. The lowest BCUT2D eigenvalue weighted by atomic mass is 10.1. The third kappa shape index (κ3) is 7.13. The van der Waals surface area contributed by atoms with Crippen LogP contribution in [0.4, 0.5) is 5.69 Å². The molecule has 0 fully saturated rings. The molecule has 1 atom stereocenters. The molecule has 1 unspecified atom stereocenters. The van der Waals surface area contributed by atoms with E-state index in [0.29, 0.717) is 11.4 Å². The minimum Gasteiger partial charge on any atom is -0.497 e. The number of rotatable bonds is 11. The standard InChI is InChI=1S/C29H35N3O5S/c1-21(2)30-29(34)23(4)31(19-24-10-9-11-26(18-24)37-5)28(33)20-32(25-16-14-22(3)15-17-25)38(35,36)27-12-7-6-8-13-27/h6-18,21,23H,19-20H2,1-5H3,(H,30,34). The minimum atomic E-state index is -4.08. The van der Waals surface area contributed by atoms with Crippen LogP contribution in [-0.2, 0) is 26.2 Å². The van der Waals surface area contributed by atoms with Crippen LogP contribution in [0.3, 0.4) is 0 Å². The van der Waals surface area contributed by atoms with E-state index in [2.05, 4.69) is 5.32 Å². The van der Waals surface area contributed by atoms with E-state index >= 15 is 0 Å². The number of carbonyl (C=O) groups excluding carboxylic acids is 2. The van der Waals surface area contributed by atoms with E-state index in [1.165, 1.54) is 17.0 Å². The first-order valence-corrected chi connectivity index (χ1v) is 13.8. The molecular formula is C29H35N3O5S. The van der Waals surface area contributed by atoms with Gasteiger partial charge in [0.1, 0.15) is 18.3 Å². The molecule has 0 aliphatic heterocycles. The maximum Gasteiger partial charge on any atom is 0.264 e. The van der Waals surface area contributed by atoms with Crippen LogP contribution in [0.5, 0.6) is 5.75 Å². The quantitative estimate of drug-likeness (QED) is 0.397. The molecule has 202 valence electrons. The normalized spacial score (nSPS) is 12.1. The van der Waals surface area contributed by atoms with Crippen LogP contribution in [0.1, 0.15) is 31.9 Å². The number of hydrogen-bond acceptors (Lipinski definition) is 5. The lowest BCUT2D eigenvalue weighted by Crippen LogP contribution is -2.52. The minimum absolute atomic E-state index is 0.0679. The lowest BCUT2D eigenvalue weighted by Gasteiger charge is -2.32. The number of benzene rings is 3. The predicted octanol–water partition coefficient (Wildman–Crippen LogP) is 4.14. The molecule has 3 aromatic carbocycles. The highest BCUT2D eigenvalue weighted by Crippen LogP contribution is 2.25. The molecule has 0 aliphatic carbocycles. The number of ether oxygens (including phenoxy) is 1. The summed E-state index contributed by atoms with van der Waals surface area (Å²) in [5.41, 5.74) is 2.05. The fourth-order valence-electron chi connectivity index (χ4n) is 3.91. The van der Waals surface area contributed by atoms with E-state index in [0.717, 1.165) is 15.4 Å². The first-order chi connectivity index (χ1) is 18.0. The summed E-state index contributed by atoms with van der Waals surface area (Å²) in [7, 11) is -2.53.